The Kier molecular flexibility index (Phi) is 6.30. The number of hydrogen-bond acceptors (Lipinski definition) is 4. The second-order valence-corrected chi connectivity index (χ2v) is 7.14. The molecular formula is C19H28N4O3. The number of pyridine rings is 1. The molecule has 0 aromatic carbocycles. The van der Waals surface area contributed by atoms with Crippen LogP contribution in [0.5, 0.6) is 5.88 Å². The van der Waals surface area contributed by atoms with Crippen molar-refractivity contribution in [1.82, 2.24) is 14.8 Å². The number of rotatable bonds is 5. The van der Waals surface area contributed by atoms with Crippen LogP contribution in [0.15, 0.2) is 18.3 Å². The molecule has 1 aromatic heterocycles. The van der Waals surface area contributed by atoms with E-state index >= 15 is 0 Å². The standard InChI is InChI=1S/C19H28N4O3/c20-19(25)23-11-9-22(10-12-23)18(24)16-6-8-21-17(14-16)26-13-7-15-4-2-1-3-5-15/h6,8,14-15H,1-5,7,9-13H2,(H2,20,25). The lowest BCUT2D eigenvalue weighted by Gasteiger charge is -2.33. The van der Waals surface area contributed by atoms with E-state index in [0.29, 0.717) is 44.2 Å². The Bertz CT molecular complexity index is 623. The Balaban J connectivity index is 1.50. The Morgan fingerprint density at radius 1 is 1.12 bits per heavy atom. The molecule has 3 amide bonds. The molecular weight excluding hydrogens is 332 g/mol. The zero-order valence-corrected chi connectivity index (χ0v) is 15.2. The number of carbonyl (C=O) groups excluding carboxylic acids is 2. The van der Waals surface area contributed by atoms with Crippen molar-refractivity contribution in [1.29, 1.82) is 0 Å². The van der Waals surface area contributed by atoms with Crippen molar-refractivity contribution in [2.45, 2.75) is 38.5 Å². The fraction of sp³-hybridized carbons (Fsp3) is 0.632. The summed E-state index contributed by atoms with van der Waals surface area (Å²) in [7, 11) is 0. The second-order valence-electron chi connectivity index (χ2n) is 7.14. The number of hydrogen-bond donors (Lipinski definition) is 1. The molecule has 26 heavy (non-hydrogen) atoms. The molecule has 2 heterocycles. The van der Waals surface area contributed by atoms with Crippen molar-refractivity contribution in [3.8, 4) is 5.88 Å². The van der Waals surface area contributed by atoms with Crippen molar-refractivity contribution < 1.29 is 14.3 Å². The maximum absolute atomic E-state index is 12.7. The van der Waals surface area contributed by atoms with E-state index in [9.17, 15) is 9.59 Å². The Labute approximate surface area is 154 Å². The molecule has 2 N–H and O–H groups in total. The van der Waals surface area contributed by atoms with Gasteiger partial charge < -0.3 is 20.3 Å². The van der Waals surface area contributed by atoms with Gasteiger partial charge in [0.05, 0.1) is 6.61 Å². The molecule has 142 valence electrons. The molecule has 7 heteroatoms. The minimum absolute atomic E-state index is 0.0614. The first-order valence-electron chi connectivity index (χ1n) is 9.56. The molecule has 1 saturated heterocycles. The van der Waals surface area contributed by atoms with Gasteiger partial charge in [0, 0.05) is 44.0 Å². The van der Waals surface area contributed by atoms with E-state index in [1.165, 1.54) is 32.1 Å². The van der Waals surface area contributed by atoms with Gasteiger partial charge in [0.2, 0.25) is 5.88 Å². The predicted molar refractivity (Wildman–Crippen MR) is 98.0 cm³/mol. The van der Waals surface area contributed by atoms with Crippen LogP contribution in [0.1, 0.15) is 48.9 Å². The number of nitrogens with two attached hydrogens (primary N) is 1. The van der Waals surface area contributed by atoms with Crippen LogP contribution in [0.4, 0.5) is 4.79 Å². The Hall–Kier alpha value is -2.31. The summed E-state index contributed by atoms with van der Waals surface area (Å²) in [5, 5.41) is 0. The molecule has 1 aliphatic heterocycles. The monoisotopic (exact) mass is 360 g/mol. The third-order valence-corrected chi connectivity index (χ3v) is 5.36. The highest BCUT2D eigenvalue weighted by atomic mass is 16.5. The van der Waals surface area contributed by atoms with E-state index in [0.717, 1.165) is 12.3 Å². The zero-order chi connectivity index (χ0) is 18.4. The van der Waals surface area contributed by atoms with Gasteiger partial charge in [-0.1, -0.05) is 32.1 Å². The van der Waals surface area contributed by atoms with Crippen molar-refractivity contribution >= 4 is 11.9 Å². The molecule has 1 aliphatic carbocycles. The van der Waals surface area contributed by atoms with Gasteiger partial charge in [-0.15, -0.1) is 0 Å². The van der Waals surface area contributed by atoms with Crippen LogP contribution in [0, 0.1) is 5.92 Å². The number of aromatic nitrogens is 1. The topological polar surface area (TPSA) is 88.8 Å². The molecule has 1 saturated carbocycles. The lowest BCUT2D eigenvalue weighted by Crippen LogP contribution is -2.52. The third-order valence-electron chi connectivity index (χ3n) is 5.36. The van der Waals surface area contributed by atoms with Gasteiger partial charge in [0.25, 0.3) is 5.91 Å². The second kappa shape index (κ2) is 8.87. The third kappa shape index (κ3) is 4.86. The largest absolute Gasteiger partial charge is 0.478 e. The molecule has 0 unspecified atom stereocenters. The van der Waals surface area contributed by atoms with Crippen molar-refractivity contribution in [3.05, 3.63) is 23.9 Å². The maximum atomic E-state index is 12.7. The van der Waals surface area contributed by atoms with Crippen molar-refractivity contribution in [2.75, 3.05) is 32.8 Å². The summed E-state index contributed by atoms with van der Waals surface area (Å²) < 4.78 is 5.78. The lowest BCUT2D eigenvalue weighted by atomic mass is 9.87. The summed E-state index contributed by atoms with van der Waals surface area (Å²) in [5.41, 5.74) is 5.85. The fourth-order valence-electron chi connectivity index (χ4n) is 3.74. The predicted octanol–water partition coefficient (Wildman–Crippen LogP) is 2.27. The molecule has 3 rings (SSSR count). The fourth-order valence-corrected chi connectivity index (χ4v) is 3.74. The molecule has 2 fully saturated rings. The SMILES string of the molecule is NC(=O)N1CCN(C(=O)c2ccnc(OCCC3CCCCC3)c2)CC1. The highest BCUT2D eigenvalue weighted by Gasteiger charge is 2.24. The average Bonchev–Trinajstić information content (AvgIpc) is 2.68. The van der Waals surface area contributed by atoms with Gasteiger partial charge in [0.15, 0.2) is 0 Å². The molecule has 0 radical (unpaired) electrons. The van der Waals surface area contributed by atoms with Crippen LogP contribution >= 0.6 is 0 Å². The van der Waals surface area contributed by atoms with E-state index < -0.39 is 6.03 Å². The molecule has 7 nitrogen and oxygen atoms in total. The van der Waals surface area contributed by atoms with Crippen LogP contribution < -0.4 is 10.5 Å². The van der Waals surface area contributed by atoms with Gasteiger partial charge in [-0.2, -0.15) is 0 Å². The van der Waals surface area contributed by atoms with Crippen LogP contribution in [0.3, 0.4) is 0 Å². The van der Waals surface area contributed by atoms with E-state index in [2.05, 4.69) is 4.98 Å². The van der Waals surface area contributed by atoms with Gasteiger partial charge in [-0.25, -0.2) is 9.78 Å². The average molecular weight is 360 g/mol. The molecule has 1 aromatic rings. The minimum atomic E-state index is -0.435. The van der Waals surface area contributed by atoms with Crippen LogP contribution in [0.2, 0.25) is 0 Å². The van der Waals surface area contributed by atoms with Gasteiger partial charge in [-0.3, -0.25) is 4.79 Å². The van der Waals surface area contributed by atoms with E-state index in [4.69, 9.17) is 10.5 Å². The van der Waals surface area contributed by atoms with Crippen LogP contribution in [-0.4, -0.2) is 59.5 Å². The Morgan fingerprint density at radius 3 is 2.50 bits per heavy atom. The number of piperazine rings is 1. The first-order chi connectivity index (χ1) is 12.6. The molecule has 2 aliphatic rings. The number of nitrogens with zero attached hydrogens (tertiary/aromatic N) is 3. The van der Waals surface area contributed by atoms with Crippen LogP contribution in [0.25, 0.3) is 0 Å². The highest BCUT2D eigenvalue weighted by molar-refractivity contribution is 5.94. The summed E-state index contributed by atoms with van der Waals surface area (Å²) in [4.78, 5) is 31.3. The minimum Gasteiger partial charge on any atom is -0.478 e. The summed E-state index contributed by atoms with van der Waals surface area (Å²) in [6, 6.07) is 2.98. The number of carbonyl (C=O) groups is 2. The summed E-state index contributed by atoms with van der Waals surface area (Å²) in [6.45, 7) is 2.56. The van der Waals surface area contributed by atoms with E-state index in [1.54, 1.807) is 28.1 Å². The summed E-state index contributed by atoms with van der Waals surface area (Å²) >= 11 is 0. The number of urea groups is 1. The number of amides is 3. The van der Waals surface area contributed by atoms with E-state index in [1.807, 2.05) is 0 Å². The number of primary amides is 1. The molecule has 0 bridgehead atoms. The Morgan fingerprint density at radius 2 is 1.81 bits per heavy atom. The highest BCUT2D eigenvalue weighted by Crippen LogP contribution is 2.26. The van der Waals surface area contributed by atoms with E-state index in [-0.39, 0.29) is 5.91 Å². The molecule has 0 spiro atoms. The first-order valence-corrected chi connectivity index (χ1v) is 9.56. The summed E-state index contributed by atoms with van der Waals surface area (Å²) in [6.07, 6.45) is 9.28. The molecule has 0 atom stereocenters. The quantitative estimate of drug-likeness (QED) is 0.872. The lowest BCUT2D eigenvalue weighted by molar-refractivity contribution is 0.0669. The van der Waals surface area contributed by atoms with Crippen molar-refractivity contribution in [2.24, 2.45) is 11.7 Å². The van der Waals surface area contributed by atoms with Gasteiger partial charge in [0.1, 0.15) is 0 Å². The maximum Gasteiger partial charge on any atom is 0.314 e. The van der Waals surface area contributed by atoms with Crippen LogP contribution in [-0.2, 0) is 0 Å². The number of ether oxygens (including phenoxy) is 1. The normalized spacial score (nSPS) is 18.6. The summed E-state index contributed by atoms with van der Waals surface area (Å²) in [5.74, 6) is 1.20. The van der Waals surface area contributed by atoms with Gasteiger partial charge in [-0.05, 0) is 18.4 Å². The first kappa shape index (κ1) is 18.5. The smallest absolute Gasteiger partial charge is 0.314 e. The zero-order valence-electron chi connectivity index (χ0n) is 15.2. The van der Waals surface area contributed by atoms with Crippen molar-refractivity contribution in [3.63, 3.8) is 0 Å². The van der Waals surface area contributed by atoms with Gasteiger partial charge >= 0.3 is 6.03 Å².